The van der Waals surface area contributed by atoms with Gasteiger partial charge in [0.1, 0.15) is 11.4 Å². The van der Waals surface area contributed by atoms with E-state index in [4.69, 9.17) is 9.84 Å². The first-order valence-electron chi connectivity index (χ1n) is 10.2. The summed E-state index contributed by atoms with van der Waals surface area (Å²) in [5.41, 5.74) is 5.68. The van der Waals surface area contributed by atoms with Crippen molar-refractivity contribution in [3.63, 3.8) is 0 Å². The van der Waals surface area contributed by atoms with Gasteiger partial charge in [0.15, 0.2) is 5.65 Å². The molecule has 4 aromatic heterocycles. The Morgan fingerprint density at radius 3 is 2.85 bits per heavy atom. The van der Waals surface area contributed by atoms with Crippen molar-refractivity contribution in [2.75, 3.05) is 14.2 Å². The number of aromatic nitrogens is 6. The molecule has 0 radical (unpaired) electrons. The zero-order valence-corrected chi connectivity index (χ0v) is 18.3. The summed E-state index contributed by atoms with van der Waals surface area (Å²) < 4.78 is 13.8. The smallest absolute Gasteiger partial charge is 0.407 e. The largest absolute Gasteiger partial charge is 0.494 e. The van der Waals surface area contributed by atoms with Gasteiger partial charge in [0.25, 0.3) is 0 Å². The Balaban J connectivity index is 1.60. The van der Waals surface area contributed by atoms with Crippen molar-refractivity contribution >= 4 is 22.6 Å². The molecule has 5 aromatic rings. The average Bonchev–Trinajstić information content (AvgIpc) is 3.43. The highest BCUT2D eigenvalue weighted by Gasteiger charge is 2.17. The Hall–Kier alpha value is -4.47. The Morgan fingerprint density at radius 2 is 2.03 bits per heavy atom. The van der Waals surface area contributed by atoms with Gasteiger partial charge in [0.2, 0.25) is 0 Å². The summed E-state index contributed by atoms with van der Waals surface area (Å²) in [7, 11) is 2.93. The average molecular weight is 443 g/mol. The molecule has 0 aliphatic rings. The number of alkyl carbamates (subject to hydrolysis) is 1. The Bertz CT molecular complexity index is 1490. The van der Waals surface area contributed by atoms with Crippen molar-refractivity contribution in [3.05, 3.63) is 66.4 Å². The monoisotopic (exact) mass is 443 g/mol. The summed E-state index contributed by atoms with van der Waals surface area (Å²) in [5, 5.41) is 12.7. The number of methoxy groups -OCH3 is 2. The highest BCUT2D eigenvalue weighted by molar-refractivity contribution is 5.88. The van der Waals surface area contributed by atoms with Crippen LogP contribution in [-0.4, -0.2) is 49.7 Å². The minimum atomic E-state index is -0.492. The lowest BCUT2D eigenvalue weighted by atomic mass is 10.1. The van der Waals surface area contributed by atoms with Crippen LogP contribution >= 0.6 is 0 Å². The summed E-state index contributed by atoms with van der Waals surface area (Å²) in [6.07, 6.45) is 6.66. The third kappa shape index (κ3) is 3.61. The minimum Gasteiger partial charge on any atom is -0.494 e. The van der Waals surface area contributed by atoms with Gasteiger partial charge in [-0.05, 0) is 36.8 Å². The summed E-state index contributed by atoms with van der Waals surface area (Å²) >= 11 is 0. The van der Waals surface area contributed by atoms with E-state index in [1.54, 1.807) is 24.0 Å². The number of pyridine rings is 1. The van der Waals surface area contributed by atoms with Crippen LogP contribution < -0.4 is 10.1 Å². The van der Waals surface area contributed by atoms with Crippen LogP contribution in [-0.2, 0) is 11.3 Å². The third-order valence-electron chi connectivity index (χ3n) is 5.40. The topological polar surface area (TPSA) is 108 Å². The van der Waals surface area contributed by atoms with Crippen molar-refractivity contribution in [1.29, 1.82) is 0 Å². The van der Waals surface area contributed by atoms with Gasteiger partial charge in [-0.1, -0.05) is 6.07 Å². The van der Waals surface area contributed by atoms with Gasteiger partial charge >= 0.3 is 6.09 Å². The molecule has 0 saturated carbocycles. The van der Waals surface area contributed by atoms with Gasteiger partial charge in [-0.25, -0.2) is 19.0 Å². The molecule has 0 spiro atoms. The van der Waals surface area contributed by atoms with Gasteiger partial charge < -0.3 is 14.8 Å². The number of hydrogen-bond donors (Lipinski definition) is 1. The number of amides is 1. The highest BCUT2D eigenvalue weighted by atomic mass is 16.5. The van der Waals surface area contributed by atoms with Gasteiger partial charge in [0, 0.05) is 30.5 Å². The molecule has 5 rings (SSSR count). The normalized spacial score (nSPS) is 11.1. The number of carbonyl (C=O) groups is 1. The van der Waals surface area contributed by atoms with Crippen LogP contribution in [0.3, 0.4) is 0 Å². The second kappa shape index (κ2) is 8.23. The van der Waals surface area contributed by atoms with Crippen molar-refractivity contribution in [2.24, 2.45) is 0 Å². The summed E-state index contributed by atoms with van der Waals surface area (Å²) in [4.78, 5) is 20.5. The number of fused-ring (bicyclic) bond motifs is 2. The molecule has 0 fully saturated rings. The maximum absolute atomic E-state index is 11.4. The Kier molecular flexibility index (Phi) is 5.09. The quantitative estimate of drug-likeness (QED) is 0.444. The zero-order chi connectivity index (χ0) is 22.9. The van der Waals surface area contributed by atoms with Crippen LogP contribution in [0.25, 0.3) is 33.5 Å². The predicted octanol–water partition coefficient (Wildman–Crippen LogP) is 3.30. The fraction of sp³-hybridized carbons (Fsp3) is 0.174. The molecule has 33 heavy (non-hydrogen) atoms. The molecular weight excluding hydrogens is 422 g/mol. The summed E-state index contributed by atoms with van der Waals surface area (Å²) in [6.45, 7) is 2.26. The number of benzene rings is 1. The molecule has 4 heterocycles. The molecule has 0 bridgehead atoms. The van der Waals surface area contributed by atoms with Gasteiger partial charge in [-0.15, -0.1) is 0 Å². The number of nitrogens with one attached hydrogen (secondary N) is 1. The van der Waals surface area contributed by atoms with Gasteiger partial charge in [-0.3, -0.25) is 4.98 Å². The minimum absolute atomic E-state index is 0.317. The van der Waals surface area contributed by atoms with E-state index in [0.29, 0.717) is 12.3 Å². The van der Waals surface area contributed by atoms with Crippen LogP contribution in [0.5, 0.6) is 5.75 Å². The Labute approximate surface area is 188 Å². The van der Waals surface area contributed by atoms with E-state index in [1.165, 1.54) is 7.11 Å². The molecule has 0 unspecified atom stereocenters. The zero-order valence-electron chi connectivity index (χ0n) is 18.3. The molecule has 1 N–H and O–H groups in total. The van der Waals surface area contributed by atoms with Crippen LogP contribution in [0, 0.1) is 6.92 Å². The SMILES string of the molecule is COC(=O)NCc1ccc(-n2nc(C)c3cnc(-c4cnn5cccnc45)cc32)c(OC)c1. The van der Waals surface area contributed by atoms with Crippen molar-refractivity contribution in [3.8, 4) is 22.7 Å². The molecule has 10 nitrogen and oxygen atoms in total. The second-order valence-corrected chi connectivity index (χ2v) is 7.38. The number of ether oxygens (including phenoxy) is 2. The van der Waals surface area contributed by atoms with Crippen LogP contribution in [0.4, 0.5) is 4.79 Å². The van der Waals surface area contributed by atoms with Gasteiger partial charge in [0.05, 0.1) is 42.9 Å². The van der Waals surface area contributed by atoms with Crippen LogP contribution in [0.1, 0.15) is 11.3 Å². The summed E-state index contributed by atoms with van der Waals surface area (Å²) in [5.74, 6) is 0.625. The standard InChI is InChI=1S/C23H21N7O3/c1-14-16-12-25-18(17-13-27-29-8-4-7-24-22(17)29)10-20(16)30(28-14)19-6-5-15(9-21(19)32-2)11-26-23(31)33-3/h4-10,12-13H,11H2,1-3H3,(H,26,31). The first-order valence-corrected chi connectivity index (χ1v) is 10.2. The molecule has 1 aromatic carbocycles. The molecule has 0 atom stereocenters. The molecular formula is C23H21N7O3. The van der Waals surface area contributed by atoms with Crippen molar-refractivity contribution in [2.45, 2.75) is 13.5 Å². The third-order valence-corrected chi connectivity index (χ3v) is 5.40. The maximum Gasteiger partial charge on any atom is 0.407 e. The van der Waals surface area contributed by atoms with E-state index in [-0.39, 0.29) is 0 Å². The van der Waals surface area contributed by atoms with Crippen LogP contribution in [0.2, 0.25) is 0 Å². The molecule has 10 heteroatoms. The van der Waals surface area contributed by atoms with E-state index in [0.717, 1.165) is 44.8 Å². The predicted molar refractivity (Wildman–Crippen MR) is 121 cm³/mol. The lowest BCUT2D eigenvalue weighted by molar-refractivity contribution is 0.170. The molecule has 1 amide bonds. The number of rotatable bonds is 5. The first-order chi connectivity index (χ1) is 16.1. The number of hydrogen-bond acceptors (Lipinski definition) is 7. The molecule has 0 aliphatic carbocycles. The number of aryl methyl sites for hydroxylation is 1. The lowest BCUT2D eigenvalue weighted by Gasteiger charge is -2.12. The van der Waals surface area contributed by atoms with E-state index >= 15 is 0 Å². The maximum atomic E-state index is 11.4. The highest BCUT2D eigenvalue weighted by Crippen LogP contribution is 2.31. The van der Waals surface area contributed by atoms with Crippen molar-refractivity contribution < 1.29 is 14.3 Å². The number of nitrogens with zero attached hydrogens (tertiary/aromatic N) is 6. The van der Waals surface area contributed by atoms with E-state index in [9.17, 15) is 4.79 Å². The fourth-order valence-corrected chi connectivity index (χ4v) is 3.75. The molecule has 166 valence electrons. The summed E-state index contributed by atoms with van der Waals surface area (Å²) in [6, 6.07) is 9.50. The first kappa shape index (κ1) is 20.4. The molecule has 0 saturated heterocycles. The van der Waals surface area contributed by atoms with Crippen LogP contribution in [0.15, 0.2) is 55.1 Å². The molecule has 0 aliphatic heterocycles. The van der Waals surface area contributed by atoms with Gasteiger partial charge in [-0.2, -0.15) is 10.2 Å². The van der Waals surface area contributed by atoms with E-state index in [2.05, 4.69) is 25.1 Å². The number of carbonyl (C=O) groups excluding carboxylic acids is 1. The van der Waals surface area contributed by atoms with E-state index < -0.39 is 6.09 Å². The van der Waals surface area contributed by atoms with Crippen molar-refractivity contribution in [1.82, 2.24) is 34.7 Å². The Morgan fingerprint density at radius 1 is 1.15 bits per heavy atom. The fourth-order valence-electron chi connectivity index (χ4n) is 3.75. The second-order valence-electron chi connectivity index (χ2n) is 7.38. The van der Waals surface area contributed by atoms with E-state index in [1.807, 2.05) is 54.3 Å². The lowest BCUT2D eigenvalue weighted by Crippen LogP contribution is -2.22.